The molecule has 1 heterocycles. The van der Waals surface area contributed by atoms with E-state index in [0.717, 1.165) is 6.42 Å². The van der Waals surface area contributed by atoms with Crippen molar-refractivity contribution >= 4 is 29.4 Å². The van der Waals surface area contributed by atoms with Gasteiger partial charge < -0.3 is 9.15 Å². The van der Waals surface area contributed by atoms with Gasteiger partial charge in [-0.3, -0.25) is 14.9 Å². The van der Waals surface area contributed by atoms with E-state index in [0.29, 0.717) is 29.2 Å². The van der Waals surface area contributed by atoms with E-state index < -0.39 is 10.8 Å². The number of carbonyl (C=O) groups is 1. The quantitative estimate of drug-likeness (QED) is 0.307. The minimum absolute atomic E-state index is 0.167. The lowest BCUT2D eigenvalue weighted by molar-refractivity contribution is -0.384. The third-order valence-corrected chi connectivity index (χ3v) is 4.23. The Bertz CT molecular complexity index is 1080. The molecule has 0 unspecified atom stereocenters. The number of hydrazone groups is 1. The molecule has 0 atom stereocenters. The van der Waals surface area contributed by atoms with E-state index in [1.54, 1.807) is 42.5 Å². The van der Waals surface area contributed by atoms with Gasteiger partial charge >= 0.3 is 0 Å². The van der Waals surface area contributed by atoms with Crippen molar-refractivity contribution in [2.45, 2.75) is 13.3 Å². The van der Waals surface area contributed by atoms with Crippen LogP contribution in [-0.4, -0.2) is 23.7 Å². The molecule has 1 aromatic heterocycles. The fraction of sp³-hybridized carbons (Fsp3) is 0.143. The van der Waals surface area contributed by atoms with Gasteiger partial charge in [-0.25, -0.2) is 5.43 Å². The number of hydrogen-bond donors (Lipinski definition) is 1. The number of nitrogens with one attached hydrogen (secondary N) is 1. The first-order valence-corrected chi connectivity index (χ1v) is 9.46. The van der Waals surface area contributed by atoms with Crippen molar-refractivity contribution in [3.63, 3.8) is 0 Å². The van der Waals surface area contributed by atoms with Crippen LogP contribution in [-0.2, 0) is 0 Å². The molecule has 30 heavy (non-hydrogen) atoms. The third kappa shape index (κ3) is 5.24. The maximum Gasteiger partial charge on any atom is 0.281 e. The number of nitro benzene ring substituents is 1. The maximum absolute atomic E-state index is 12.2. The smallest absolute Gasteiger partial charge is 0.281 e. The van der Waals surface area contributed by atoms with Crippen molar-refractivity contribution in [3.05, 3.63) is 81.1 Å². The molecule has 0 fully saturated rings. The Morgan fingerprint density at radius 3 is 2.70 bits per heavy atom. The van der Waals surface area contributed by atoms with E-state index in [4.69, 9.17) is 20.8 Å². The van der Waals surface area contributed by atoms with Gasteiger partial charge in [-0.05, 0) is 55.0 Å². The van der Waals surface area contributed by atoms with Crippen molar-refractivity contribution < 1.29 is 18.9 Å². The van der Waals surface area contributed by atoms with Crippen molar-refractivity contribution in [1.82, 2.24) is 5.43 Å². The number of hydrogen-bond acceptors (Lipinski definition) is 6. The first-order chi connectivity index (χ1) is 14.5. The van der Waals surface area contributed by atoms with Crippen molar-refractivity contribution in [1.29, 1.82) is 0 Å². The molecule has 1 N–H and O–H groups in total. The fourth-order valence-corrected chi connectivity index (χ4v) is 2.74. The number of halogens is 1. The highest BCUT2D eigenvalue weighted by Gasteiger charge is 2.18. The van der Waals surface area contributed by atoms with Gasteiger partial charge in [-0.2, -0.15) is 5.10 Å². The second-order valence-electron chi connectivity index (χ2n) is 6.19. The zero-order chi connectivity index (χ0) is 21.5. The van der Waals surface area contributed by atoms with Crippen molar-refractivity contribution in [2.75, 3.05) is 6.61 Å². The van der Waals surface area contributed by atoms with Crippen LogP contribution in [0.5, 0.6) is 5.75 Å². The second kappa shape index (κ2) is 9.71. The normalized spacial score (nSPS) is 10.9. The van der Waals surface area contributed by atoms with Gasteiger partial charge in [0, 0.05) is 16.7 Å². The molecule has 8 nitrogen and oxygen atoms in total. The number of furan rings is 1. The van der Waals surface area contributed by atoms with Gasteiger partial charge in [0.1, 0.15) is 17.3 Å². The summed E-state index contributed by atoms with van der Waals surface area (Å²) in [5.74, 6) is 0.899. The first kappa shape index (κ1) is 21.1. The van der Waals surface area contributed by atoms with Gasteiger partial charge in [-0.1, -0.05) is 18.5 Å². The van der Waals surface area contributed by atoms with E-state index in [-0.39, 0.29) is 16.5 Å². The Morgan fingerprint density at radius 1 is 1.23 bits per heavy atom. The fourth-order valence-electron chi connectivity index (χ4n) is 2.57. The first-order valence-electron chi connectivity index (χ1n) is 9.08. The van der Waals surface area contributed by atoms with Crippen LogP contribution in [0.15, 0.2) is 64.1 Å². The molecule has 0 aliphatic carbocycles. The molecular formula is C21H18ClN3O5. The average Bonchev–Trinajstić information content (AvgIpc) is 3.21. The maximum atomic E-state index is 12.2. The summed E-state index contributed by atoms with van der Waals surface area (Å²) >= 11 is 5.83. The molecule has 2 aromatic carbocycles. The highest BCUT2D eigenvalue weighted by atomic mass is 35.5. The summed E-state index contributed by atoms with van der Waals surface area (Å²) in [7, 11) is 0. The number of rotatable bonds is 8. The standard InChI is InChI=1S/C21H18ClN3O5/c1-2-11-29-16-6-3-14(4-7-16)21(26)24-23-13-17-8-10-20(30-17)18-9-5-15(22)12-19(18)25(27)28/h3-10,12-13H,2,11H2,1H3,(H,24,26)/b23-13-. The van der Waals surface area contributed by atoms with Crippen molar-refractivity contribution in [2.24, 2.45) is 5.10 Å². The van der Waals surface area contributed by atoms with Crippen LogP contribution in [0.1, 0.15) is 29.5 Å². The largest absolute Gasteiger partial charge is 0.494 e. The molecule has 0 radical (unpaired) electrons. The van der Waals surface area contributed by atoms with E-state index >= 15 is 0 Å². The van der Waals surface area contributed by atoms with E-state index in [1.807, 2.05) is 6.92 Å². The molecule has 1 amide bonds. The number of nitrogens with zero attached hydrogens (tertiary/aromatic N) is 2. The van der Waals surface area contributed by atoms with Crippen LogP contribution >= 0.6 is 11.6 Å². The number of ether oxygens (including phenoxy) is 1. The van der Waals surface area contributed by atoms with Crippen LogP contribution in [0.25, 0.3) is 11.3 Å². The van der Waals surface area contributed by atoms with Gasteiger partial charge in [0.15, 0.2) is 0 Å². The highest BCUT2D eigenvalue weighted by molar-refractivity contribution is 6.30. The summed E-state index contributed by atoms with van der Waals surface area (Å²) in [6, 6.07) is 14.2. The molecule has 0 aliphatic heterocycles. The highest BCUT2D eigenvalue weighted by Crippen LogP contribution is 2.33. The van der Waals surface area contributed by atoms with Crippen LogP contribution in [0.4, 0.5) is 5.69 Å². The lowest BCUT2D eigenvalue weighted by Crippen LogP contribution is -2.17. The van der Waals surface area contributed by atoms with Gasteiger partial charge in [0.05, 0.1) is 23.3 Å². The molecule has 0 bridgehead atoms. The lowest BCUT2D eigenvalue weighted by Gasteiger charge is -2.05. The molecule has 3 rings (SSSR count). The zero-order valence-corrected chi connectivity index (χ0v) is 16.8. The summed E-state index contributed by atoms with van der Waals surface area (Å²) in [6.45, 7) is 2.62. The Hall–Kier alpha value is -3.65. The van der Waals surface area contributed by atoms with Gasteiger partial charge in [-0.15, -0.1) is 0 Å². The van der Waals surface area contributed by atoms with Crippen LogP contribution in [0.3, 0.4) is 0 Å². The Balaban J connectivity index is 1.65. The van der Waals surface area contributed by atoms with Crippen LogP contribution in [0, 0.1) is 10.1 Å². The molecule has 3 aromatic rings. The molecule has 154 valence electrons. The number of benzene rings is 2. The summed E-state index contributed by atoms with van der Waals surface area (Å²) < 4.78 is 11.1. The van der Waals surface area contributed by atoms with E-state index in [1.165, 1.54) is 18.3 Å². The summed E-state index contributed by atoms with van der Waals surface area (Å²) in [6.07, 6.45) is 2.21. The monoisotopic (exact) mass is 427 g/mol. The molecule has 0 saturated heterocycles. The van der Waals surface area contributed by atoms with E-state index in [2.05, 4.69) is 10.5 Å². The lowest BCUT2D eigenvalue weighted by atomic mass is 10.1. The molecular weight excluding hydrogens is 410 g/mol. The topological polar surface area (TPSA) is 107 Å². The Morgan fingerprint density at radius 2 is 2.00 bits per heavy atom. The minimum Gasteiger partial charge on any atom is -0.494 e. The van der Waals surface area contributed by atoms with Gasteiger partial charge in [0.25, 0.3) is 11.6 Å². The number of carbonyl (C=O) groups excluding carboxylic acids is 1. The molecule has 0 saturated carbocycles. The summed E-state index contributed by atoms with van der Waals surface area (Å²) in [5.41, 5.74) is 2.95. The molecule has 0 aliphatic rings. The minimum atomic E-state index is -0.531. The predicted octanol–water partition coefficient (Wildman–Crippen LogP) is 5.06. The SMILES string of the molecule is CCCOc1ccc(C(=O)N/N=C\c2ccc(-c3ccc(Cl)cc3[N+](=O)[O-])o2)cc1. The summed E-state index contributed by atoms with van der Waals surface area (Å²) in [4.78, 5) is 22.9. The van der Waals surface area contributed by atoms with Gasteiger partial charge in [0.2, 0.25) is 0 Å². The van der Waals surface area contributed by atoms with Crippen molar-refractivity contribution in [3.8, 4) is 17.1 Å². The Kier molecular flexibility index (Phi) is 6.82. The zero-order valence-electron chi connectivity index (χ0n) is 16.0. The predicted molar refractivity (Wildman–Crippen MR) is 113 cm³/mol. The van der Waals surface area contributed by atoms with E-state index in [9.17, 15) is 14.9 Å². The second-order valence-corrected chi connectivity index (χ2v) is 6.63. The van der Waals surface area contributed by atoms with Crippen LogP contribution in [0.2, 0.25) is 5.02 Å². The average molecular weight is 428 g/mol. The Labute approximate surface area is 177 Å². The number of nitro groups is 1. The van der Waals surface area contributed by atoms with Crippen LogP contribution < -0.4 is 10.2 Å². The third-order valence-electron chi connectivity index (χ3n) is 4.00. The molecule has 9 heteroatoms. The number of amides is 1. The molecule has 0 spiro atoms. The summed E-state index contributed by atoms with van der Waals surface area (Å²) in [5, 5.41) is 15.4.